The number of ether oxygens (including phenoxy) is 1. The van der Waals surface area contributed by atoms with Crippen LogP contribution in [0.5, 0.6) is 0 Å². The lowest BCUT2D eigenvalue weighted by atomic mass is 9.79. The molecule has 2 rings (SSSR count). The molecule has 4 nitrogen and oxygen atoms in total. The molecule has 0 spiro atoms. The van der Waals surface area contributed by atoms with E-state index in [1.165, 1.54) is 0 Å². The molecule has 0 radical (unpaired) electrons. The van der Waals surface area contributed by atoms with Gasteiger partial charge in [0.1, 0.15) is 17.4 Å². The van der Waals surface area contributed by atoms with Gasteiger partial charge in [-0.3, -0.25) is 0 Å². The van der Waals surface area contributed by atoms with Gasteiger partial charge in [0, 0.05) is 21.0 Å². The first kappa shape index (κ1) is 17.2. The van der Waals surface area contributed by atoms with Crippen molar-refractivity contribution in [3.63, 3.8) is 0 Å². The Bertz CT molecular complexity index is 784. The van der Waals surface area contributed by atoms with Gasteiger partial charge in [0.05, 0.1) is 17.6 Å². The Morgan fingerprint density at radius 3 is 2.04 bits per heavy atom. The van der Waals surface area contributed by atoms with Crippen LogP contribution in [-0.4, -0.2) is 0 Å². The van der Waals surface area contributed by atoms with Gasteiger partial charge >= 0.3 is 0 Å². The zero-order valence-corrected chi connectivity index (χ0v) is 14.5. The Labute approximate surface area is 145 Å². The molecule has 1 aromatic carbocycles. The summed E-state index contributed by atoms with van der Waals surface area (Å²) in [5.41, 5.74) is 6.36. The molecule has 6 heteroatoms. The average molecular weight is 348 g/mol. The Morgan fingerprint density at radius 2 is 1.61 bits per heavy atom. The Hall–Kier alpha value is -2.14. The monoisotopic (exact) mass is 347 g/mol. The van der Waals surface area contributed by atoms with E-state index in [0.717, 1.165) is 0 Å². The summed E-state index contributed by atoms with van der Waals surface area (Å²) in [7, 11) is 0. The second kappa shape index (κ2) is 6.16. The van der Waals surface area contributed by atoms with Crippen molar-refractivity contribution in [1.29, 1.82) is 10.5 Å². The van der Waals surface area contributed by atoms with Crippen LogP contribution in [0.25, 0.3) is 0 Å². The maximum Gasteiger partial charge on any atom is 0.205 e. The SMILES string of the molecule is CC(C)(C)C1=C(C#N)C(c2c(Cl)cccc2Cl)C(C#N)=C(N)O1. The van der Waals surface area contributed by atoms with Crippen LogP contribution in [-0.2, 0) is 4.74 Å². The first-order chi connectivity index (χ1) is 10.7. The minimum atomic E-state index is -0.742. The average Bonchev–Trinajstić information content (AvgIpc) is 2.45. The van der Waals surface area contributed by atoms with Crippen LogP contribution >= 0.6 is 23.2 Å². The first-order valence-corrected chi connectivity index (χ1v) is 7.64. The highest BCUT2D eigenvalue weighted by molar-refractivity contribution is 6.36. The fraction of sp³-hybridized carbons (Fsp3) is 0.294. The minimum Gasteiger partial charge on any atom is -0.443 e. The zero-order chi connectivity index (χ0) is 17.4. The highest BCUT2D eigenvalue weighted by Gasteiger charge is 2.39. The van der Waals surface area contributed by atoms with Crippen molar-refractivity contribution in [2.45, 2.75) is 26.7 Å². The van der Waals surface area contributed by atoms with Crippen LogP contribution in [0.15, 0.2) is 41.0 Å². The van der Waals surface area contributed by atoms with Crippen LogP contribution < -0.4 is 5.73 Å². The fourth-order valence-corrected chi connectivity index (χ4v) is 3.12. The highest BCUT2D eigenvalue weighted by atomic mass is 35.5. The van der Waals surface area contributed by atoms with E-state index in [9.17, 15) is 10.5 Å². The summed E-state index contributed by atoms with van der Waals surface area (Å²) in [6.07, 6.45) is 0. The van der Waals surface area contributed by atoms with E-state index in [1.807, 2.05) is 26.8 Å². The standard InChI is InChI=1S/C17H15Cl2N3O/c1-17(2,3)15-9(7-20)13(10(8-21)16(22)23-15)14-11(18)5-4-6-12(14)19/h4-6,13H,22H2,1-3H3. The number of hydrogen-bond donors (Lipinski definition) is 1. The Morgan fingerprint density at radius 1 is 1.09 bits per heavy atom. The predicted octanol–water partition coefficient (Wildman–Crippen LogP) is 4.62. The van der Waals surface area contributed by atoms with Gasteiger partial charge in [0.15, 0.2) is 0 Å². The maximum atomic E-state index is 9.69. The lowest BCUT2D eigenvalue weighted by Crippen LogP contribution is -2.26. The molecule has 1 unspecified atom stereocenters. The van der Waals surface area contributed by atoms with Crippen LogP contribution in [0.1, 0.15) is 32.3 Å². The summed E-state index contributed by atoms with van der Waals surface area (Å²) in [6, 6.07) is 9.19. The summed E-state index contributed by atoms with van der Waals surface area (Å²) >= 11 is 12.6. The zero-order valence-electron chi connectivity index (χ0n) is 12.9. The molecule has 0 aliphatic carbocycles. The van der Waals surface area contributed by atoms with Crippen molar-refractivity contribution in [1.82, 2.24) is 0 Å². The normalized spacial score (nSPS) is 18.3. The number of halogens is 2. The van der Waals surface area contributed by atoms with Crippen molar-refractivity contribution in [2.24, 2.45) is 11.1 Å². The molecule has 2 N–H and O–H groups in total. The number of nitrogens with two attached hydrogens (primary N) is 1. The molecule has 23 heavy (non-hydrogen) atoms. The van der Waals surface area contributed by atoms with Crippen molar-refractivity contribution in [2.75, 3.05) is 0 Å². The van der Waals surface area contributed by atoms with Crippen molar-refractivity contribution in [3.8, 4) is 12.1 Å². The molecule has 1 atom stereocenters. The van der Waals surface area contributed by atoms with Crippen molar-refractivity contribution in [3.05, 3.63) is 56.6 Å². The molecule has 0 amide bonds. The summed E-state index contributed by atoms with van der Waals surface area (Å²) < 4.78 is 5.60. The lowest BCUT2D eigenvalue weighted by molar-refractivity contribution is 0.199. The molecule has 0 aromatic heterocycles. The van der Waals surface area contributed by atoms with Crippen LogP contribution in [0.2, 0.25) is 10.0 Å². The molecule has 0 bridgehead atoms. The van der Waals surface area contributed by atoms with Crippen molar-refractivity contribution >= 4 is 23.2 Å². The molecular formula is C17H15Cl2N3O. The van der Waals surface area contributed by atoms with E-state index in [0.29, 0.717) is 26.9 Å². The highest BCUT2D eigenvalue weighted by Crippen LogP contribution is 2.47. The Kier molecular flexibility index (Phi) is 4.61. The summed E-state index contributed by atoms with van der Waals surface area (Å²) in [4.78, 5) is 0. The van der Waals surface area contributed by atoms with Gasteiger partial charge in [-0.25, -0.2) is 0 Å². The summed E-state index contributed by atoms with van der Waals surface area (Å²) in [6.45, 7) is 5.70. The van der Waals surface area contributed by atoms with Gasteiger partial charge in [-0.15, -0.1) is 0 Å². The number of nitrogens with zero attached hydrogens (tertiary/aromatic N) is 2. The third-order valence-electron chi connectivity index (χ3n) is 3.51. The molecule has 0 saturated carbocycles. The first-order valence-electron chi connectivity index (χ1n) is 6.88. The van der Waals surface area contributed by atoms with Gasteiger partial charge in [-0.05, 0) is 12.1 Å². The second-order valence-corrected chi connectivity index (χ2v) is 6.98. The largest absolute Gasteiger partial charge is 0.443 e. The van der Waals surface area contributed by atoms with Gasteiger partial charge in [-0.1, -0.05) is 50.0 Å². The summed E-state index contributed by atoms with van der Waals surface area (Å²) in [5.74, 6) is -0.357. The molecule has 1 aromatic rings. The predicted molar refractivity (Wildman–Crippen MR) is 89.2 cm³/mol. The van der Waals surface area contributed by atoms with Crippen LogP contribution in [0, 0.1) is 28.1 Å². The van der Waals surface area contributed by atoms with Gasteiger partial charge < -0.3 is 10.5 Å². The number of rotatable bonds is 1. The topological polar surface area (TPSA) is 82.8 Å². The quantitative estimate of drug-likeness (QED) is 0.802. The van der Waals surface area contributed by atoms with E-state index in [-0.39, 0.29) is 11.5 Å². The third-order valence-corrected chi connectivity index (χ3v) is 4.17. The smallest absolute Gasteiger partial charge is 0.205 e. The molecule has 1 aliphatic heterocycles. The maximum absolute atomic E-state index is 9.69. The Balaban J connectivity index is 2.84. The number of nitriles is 2. The molecule has 118 valence electrons. The minimum absolute atomic E-state index is 0.0302. The number of hydrogen-bond acceptors (Lipinski definition) is 4. The van der Waals surface area contributed by atoms with Gasteiger partial charge in [0.25, 0.3) is 0 Å². The third kappa shape index (κ3) is 3.01. The molecule has 0 saturated heterocycles. The van der Waals surface area contributed by atoms with E-state index in [2.05, 4.69) is 6.07 Å². The fourth-order valence-electron chi connectivity index (χ4n) is 2.50. The lowest BCUT2D eigenvalue weighted by Gasteiger charge is -2.32. The van der Waals surface area contributed by atoms with E-state index in [1.54, 1.807) is 18.2 Å². The second-order valence-electron chi connectivity index (χ2n) is 6.16. The molecular weight excluding hydrogens is 333 g/mol. The van der Waals surface area contributed by atoms with E-state index >= 15 is 0 Å². The van der Waals surface area contributed by atoms with Gasteiger partial charge in [-0.2, -0.15) is 10.5 Å². The van der Waals surface area contributed by atoms with Gasteiger partial charge in [0.2, 0.25) is 5.88 Å². The summed E-state index contributed by atoms with van der Waals surface area (Å²) in [5, 5.41) is 19.9. The number of allylic oxidation sites excluding steroid dienone is 3. The molecule has 0 fully saturated rings. The molecule has 1 aliphatic rings. The van der Waals surface area contributed by atoms with Crippen molar-refractivity contribution < 1.29 is 4.74 Å². The number of benzene rings is 1. The van der Waals surface area contributed by atoms with Crippen LogP contribution in [0.4, 0.5) is 0 Å². The van der Waals surface area contributed by atoms with E-state index in [4.69, 9.17) is 33.7 Å². The molecule has 1 heterocycles. The van der Waals surface area contributed by atoms with Crippen LogP contribution in [0.3, 0.4) is 0 Å². The van der Waals surface area contributed by atoms with E-state index < -0.39 is 11.3 Å².